The van der Waals surface area contributed by atoms with Crippen molar-refractivity contribution in [1.82, 2.24) is 0 Å². The van der Waals surface area contributed by atoms with Crippen LogP contribution in [0.4, 0.5) is 13.2 Å². The molecule has 0 N–H and O–H groups in total. The highest BCUT2D eigenvalue weighted by atomic mass is 32.2. The second kappa shape index (κ2) is 6.04. The van der Waals surface area contributed by atoms with E-state index in [-0.39, 0.29) is 17.1 Å². The average Bonchev–Trinajstić information content (AvgIpc) is 2.46. The number of carbonyl (C=O) groups excluding carboxylic acids is 1. The lowest BCUT2D eigenvalue weighted by Crippen LogP contribution is -2.12. The van der Waals surface area contributed by atoms with Crippen LogP contribution < -0.4 is 4.18 Å². The average molecular weight is 344 g/mol. The van der Waals surface area contributed by atoms with Crippen LogP contribution in [0.5, 0.6) is 5.75 Å². The summed E-state index contributed by atoms with van der Waals surface area (Å²) in [4.78, 5) is 10.6. The van der Waals surface area contributed by atoms with Crippen LogP contribution in [0.3, 0.4) is 0 Å². The van der Waals surface area contributed by atoms with Crippen LogP contribution in [-0.2, 0) is 16.3 Å². The first-order valence-corrected chi connectivity index (χ1v) is 7.73. The molecular weight excluding hydrogens is 333 g/mol. The maximum atomic E-state index is 12.7. The molecule has 0 heterocycles. The van der Waals surface area contributed by atoms with Crippen LogP contribution in [0.25, 0.3) is 0 Å². The smallest absolute Gasteiger partial charge is 0.379 e. The normalized spacial score (nSPS) is 12.0. The van der Waals surface area contributed by atoms with Crippen molar-refractivity contribution < 1.29 is 30.6 Å². The summed E-state index contributed by atoms with van der Waals surface area (Å²) < 4.78 is 66.9. The number of alkyl halides is 3. The number of ketones is 1. The molecule has 0 saturated heterocycles. The fourth-order valence-corrected chi connectivity index (χ4v) is 2.74. The second-order valence-electron chi connectivity index (χ2n) is 4.65. The number of hydrogen-bond donors (Lipinski definition) is 0. The fraction of sp³-hybridized carbons (Fsp3) is 0.133. The summed E-state index contributed by atoms with van der Waals surface area (Å²) in [7, 11) is -4.45. The third-order valence-electron chi connectivity index (χ3n) is 2.90. The molecule has 2 aromatic carbocycles. The second-order valence-corrected chi connectivity index (χ2v) is 6.19. The molecule has 2 aromatic rings. The van der Waals surface area contributed by atoms with E-state index in [0.717, 1.165) is 18.2 Å². The van der Waals surface area contributed by atoms with Gasteiger partial charge < -0.3 is 4.18 Å². The highest BCUT2D eigenvalue weighted by molar-refractivity contribution is 7.87. The molecule has 2 rings (SSSR count). The number of benzene rings is 2. The van der Waals surface area contributed by atoms with E-state index < -0.39 is 26.8 Å². The van der Waals surface area contributed by atoms with Crippen LogP contribution in [0.2, 0.25) is 0 Å². The van der Waals surface area contributed by atoms with E-state index in [1.54, 1.807) is 0 Å². The Labute approximate surface area is 130 Å². The van der Waals surface area contributed by atoms with Gasteiger partial charge in [0.15, 0.2) is 5.78 Å². The van der Waals surface area contributed by atoms with Crippen LogP contribution >= 0.6 is 0 Å². The quantitative estimate of drug-likeness (QED) is 0.627. The molecule has 0 aliphatic heterocycles. The van der Waals surface area contributed by atoms with Crippen molar-refractivity contribution in [2.45, 2.75) is 18.0 Å². The van der Waals surface area contributed by atoms with Gasteiger partial charge in [0.25, 0.3) is 0 Å². The highest BCUT2D eigenvalue weighted by Gasteiger charge is 2.32. The first kappa shape index (κ1) is 17.0. The van der Waals surface area contributed by atoms with Gasteiger partial charge in [0.1, 0.15) is 10.6 Å². The van der Waals surface area contributed by atoms with Crippen molar-refractivity contribution in [3.05, 3.63) is 59.7 Å². The maximum absolute atomic E-state index is 12.7. The molecule has 4 nitrogen and oxygen atoms in total. The van der Waals surface area contributed by atoms with E-state index in [9.17, 15) is 26.4 Å². The summed E-state index contributed by atoms with van der Waals surface area (Å²) in [6.07, 6.45) is -4.67. The molecule has 0 spiro atoms. The Hall–Kier alpha value is -2.35. The Bertz CT molecular complexity index is 842. The number of Topliss-reactive ketones (excluding diaryl/α,β-unsaturated/α-hetero) is 1. The minimum Gasteiger partial charge on any atom is -0.379 e. The Morgan fingerprint density at radius 1 is 1.04 bits per heavy atom. The molecule has 0 bridgehead atoms. The molecule has 0 aliphatic carbocycles. The Morgan fingerprint density at radius 2 is 1.70 bits per heavy atom. The molecule has 0 aliphatic rings. The zero-order valence-electron chi connectivity index (χ0n) is 11.8. The summed E-state index contributed by atoms with van der Waals surface area (Å²) in [5.74, 6) is -0.456. The van der Waals surface area contributed by atoms with Crippen molar-refractivity contribution >= 4 is 15.9 Å². The van der Waals surface area contributed by atoms with E-state index in [1.807, 2.05) is 0 Å². The third-order valence-corrected chi connectivity index (χ3v) is 4.14. The number of carbonyl (C=O) groups is 1. The van der Waals surface area contributed by atoms with Crippen molar-refractivity contribution in [2.24, 2.45) is 0 Å². The molecule has 23 heavy (non-hydrogen) atoms. The topological polar surface area (TPSA) is 60.4 Å². The van der Waals surface area contributed by atoms with Crippen LogP contribution in [0.1, 0.15) is 22.8 Å². The van der Waals surface area contributed by atoms with Crippen LogP contribution in [-0.4, -0.2) is 14.2 Å². The van der Waals surface area contributed by atoms with Crippen molar-refractivity contribution in [2.75, 3.05) is 0 Å². The molecule has 0 amide bonds. The van der Waals surface area contributed by atoms with Gasteiger partial charge in [-0.3, -0.25) is 4.79 Å². The summed E-state index contributed by atoms with van der Waals surface area (Å²) in [5, 5.41) is 0. The zero-order chi connectivity index (χ0) is 17.3. The maximum Gasteiger partial charge on any atom is 0.416 e. The van der Waals surface area contributed by atoms with Gasteiger partial charge in [-0.25, -0.2) is 0 Å². The predicted octanol–water partition coefficient (Wildman–Crippen LogP) is 3.68. The third kappa shape index (κ3) is 4.10. The Morgan fingerprint density at radius 3 is 2.30 bits per heavy atom. The fourth-order valence-electron chi connectivity index (χ4n) is 1.77. The van der Waals surface area contributed by atoms with Gasteiger partial charge in [0.05, 0.1) is 5.56 Å². The molecule has 0 aromatic heterocycles. The van der Waals surface area contributed by atoms with E-state index in [1.165, 1.54) is 31.2 Å². The molecular formula is C15H11F3O4S. The lowest BCUT2D eigenvalue weighted by atomic mass is 10.1. The van der Waals surface area contributed by atoms with Gasteiger partial charge in [-0.1, -0.05) is 18.2 Å². The minimum atomic E-state index is -4.67. The van der Waals surface area contributed by atoms with Gasteiger partial charge in [-0.15, -0.1) is 0 Å². The summed E-state index contributed by atoms with van der Waals surface area (Å²) in [6.45, 7) is 1.29. The number of hydrogen-bond acceptors (Lipinski definition) is 4. The van der Waals surface area contributed by atoms with E-state index in [4.69, 9.17) is 4.18 Å². The van der Waals surface area contributed by atoms with E-state index in [2.05, 4.69) is 0 Å². The molecule has 0 saturated carbocycles. The Kier molecular flexibility index (Phi) is 4.46. The molecule has 0 radical (unpaired) electrons. The molecule has 122 valence electrons. The lowest BCUT2D eigenvalue weighted by molar-refractivity contribution is -0.137. The molecule has 8 heteroatoms. The molecule has 0 atom stereocenters. The van der Waals surface area contributed by atoms with Gasteiger partial charge in [0.2, 0.25) is 0 Å². The molecule has 0 fully saturated rings. The van der Waals surface area contributed by atoms with Gasteiger partial charge in [-0.05, 0) is 37.3 Å². The monoisotopic (exact) mass is 344 g/mol. The van der Waals surface area contributed by atoms with Crippen molar-refractivity contribution in [3.8, 4) is 5.75 Å². The van der Waals surface area contributed by atoms with E-state index in [0.29, 0.717) is 6.07 Å². The predicted molar refractivity (Wildman–Crippen MR) is 75.7 cm³/mol. The zero-order valence-corrected chi connectivity index (χ0v) is 12.6. The largest absolute Gasteiger partial charge is 0.416 e. The van der Waals surface area contributed by atoms with Crippen LogP contribution in [0, 0.1) is 0 Å². The van der Waals surface area contributed by atoms with E-state index >= 15 is 0 Å². The summed E-state index contributed by atoms with van der Waals surface area (Å²) in [5.41, 5.74) is -0.874. The SMILES string of the molecule is CC(=O)c1cccc(OS(=O)(=O)c2cccc(C(F)(F)F)c2)c1. The van der Waals surface area contributed by atoms with Gasteiger partial charge in [0, 0.05) is 5.56 Å². The summed E-state index contributed by atoms with van der Waals surface area (Å²) in [6, 6.07) is 8.59. The van der Waals surface area contributed by atoms with Gasteiger partial charge in [-0.2, -0.15) is 21.6 Å². The molecule has 0 unspecified atom stereocenters. The van der Waals surface area contributed by atoms with Crippen molar-refractivity contribution in [1.29, 1.82) is 0 Å². The first-order chi connectivity index (χ1) is 10.6. The standard InChI is InChI=1S/C15H11F3O4S/c1-10(19)11-4-2-6-13(8-11)22-23(20,21)14-7-3-5-12(9-14)15(16,17)18/h2-9H,1H3. The lowest BCUT2D eigenvalue weighted by Gasteiger charge is -2.10. The van der Waals surface area contributed by atoms with Crippen molar-refractivity contribution in [3.63, 3.8) is 0 Å². The highest BCUT2D eigenvalue weighted by Crippen LogP contribution is 2.31. The van der Waals surface area contributed by atoms with Gasteiger partial charge >= 0.3 is 16.3 Å². The number of halogens is 3. The number of rotatable bonds is 4. The minimum absolute atomic E-state index is 0.157. The summed E-state index contributed by atoms with van der Waals surface area (Å²) >= 11 is 0. The first-order valence-electron chi connectivity index (χ1n) is 6.32. The Balaban J connectivity index is 2.36. The van der Waals surface area contributed by atoms with Crippen LogP contribution in [0.15, 0.2) is 53.4 Å².